The summed E-state index contributed by atoms with van der Waals surface area (Å²) >= 11 is 0. The average Bonchev–Trinajstić information content (AvgIpc) is 3.02. The van der Waals surface area contributed by atoms with Crippen molar-refractivity contribution < 1.29 is 0 Å². The second kappa shape index (κ2) is 19.5. The first-order valence-electron chi connectivity index (χ1n) is 16.8. The van der Waals surface area contributed by atoms with E-state index in [9.17, 15) is 5.26 Å². The number of nitriles is 1. The van der Waals surface area contributed by atoms with Crippen LogP contribution in [0, 0.1) is 18.3 Å². The van der Waals surface area contributed by atoms with Crippen LogP contribution in [0.5, 0.6) is 0 Å². The summed E-state index contributed by atoms with van der Waals surface area (Å²) < 4.78 is 0. The number of rotatable bonds is 20. The minimum Gasteiger partial charge on any atom is -0.339 e. The molecule has 0 bridgehead atoms. The van der Waals surface area contributed by atoms with Gasteiger partial charge in [0.05, 0.1) is 5.56 Å². The zero-order valence-corrected chi connectivity index (χ0v) is 27.5. The molecular weight excluding hydrogens is 542 g/mol. The number of benzene rings is 2. The number of nitrogens with one attached hydrogen (secondary N) is 2. The Hall–Kier alpha value is -3.76. The standard InChI is InChI=1S/C37H53N7/c1-5-7-9-11-13-15-17-30-19-23-32(24-20-30)40-36-34(27-38)28(3)35(44-43-29(4)39)37(42-36)41-33-25-21-31(22-26-33)18-16-14-12-10-8-6-2/h19-26,29H,5-18,39H2,1-4H3,(H2,40,41,42). The molecule has 0 aliphatic rings. The van der Waals surface area contributed by atoms with E-state index in [0.717, 1.165) is 24.2 Å². The molecule has 4 N–H and O–H groups in total. The molecule has 44 heavy (non-hydrogen) atoms. The normalized spacial score (nSPS) is 11.9. The van der Waals surface area contributed by atoms with Crippen LogP contribution in [0.15, 0.2) is 58.8 Å². The molecule has 2 aromatic carbocycles. The van der Waals surface area contributed by atoms with Crippen LogP contribution in [0.25, 0.3) is 0 Å². The first-order valence-corrected chi connectivity index (χ1v) is 16.8. The van der Waals surface area contributed by atoms with Crippen LogP contribution in [-0.4, -0.2) is 11.1 Å². The quantitative estimate of drug-likeness (QED) is 0.0888. The van der Waals surface area contributed by atoms with E-state index in [-0.39, 0.29) is 0 Å². The van der Waals surface area contributed by atoms with Gasteiger partial charge in [-0.15, -0.1) is 0 Å². The summed E-state index contributed by atoms with van der Waals surface area (Å²) in [6, 6.07) is 19.2. The Kier molecular flexibility index (Phi) is 15.4. The van der Waals surface area contributed by atoms with E-state index in [1.54, 1.807) is 6.92 Å². The summed E-state index contributed by atoms with van der Waals surface area (Å²) in [6.45, 7) is 8.14. The summed E-state index contributed by atoms with van der Waals surface area (Å²) in [6.07, 6.45) is 17.2. The van der Waals surface area contributed by atoms with E-state index >= 15 is 0 Å². The molecule has 1 unspecified atom stereocenters. The molecule has 7 heteroatoms. The Bertz CT molecular complexity index is 1320. The van der Waals surface area contributed by atoms with E-state index in [2.05, 4.69) is 89.3 Å². The largest absolute Gasteiger partial charge is 0.339 e. The molecule has 236 valence electrons. The second-order valence-electron chi connectivity index (χ2n) is 11.9. The molecule has 1 aromatic heterocycles. The lowest BCUT2D eigenvalue weighted by molar-refractivity contribution is 0.607. The minimum absolute atomic E-state index is 0.430. The highest BCUT2D eigenvalue weighted by Gasteiger charge is 2.18. The van der Waals surface area contributed by atoms with Gasteiger partial charge in [-0.1, -0.05) is 102 Å². The third-order valence-electron chi connectivity index (χ3n) is 7.94. The predicted molar refractivity (Wildman–Crippen MR) is 185 cm³/mol. The maximum Gasteiger partial charge on any atom is 0.161 e. The van der Waals surface area contributed by atoms with Gasteiger partial charge >= 0.3 is 0 Å². The van der Waals surface area contributed by atoms with Gasteiger partial charge in [0.25, 0.3) is 0 Å². The monoisotopic (exact) mass is 595 g/mol. The summed E-state index contributed by atoms with van der Waals surface area (Å²) in [5.74, 6) is 1.01. The van der Waals surface area contributed by atoms with Crippen molar-refractivity contribution in [1.29, 1.82) is 5.26 Å². The number of aryl methyl sites for hydroxylation is 2. The minimum atomic E-state index is -0.471. The highest BCUT2D eigenvalue weighted by molar-refractivity contribution is 5.79. The van der Waals surface area contributed by atoms with E-state index in [1.807, 2.05) is 6.92 Å². The number of nitrogens with zero attached hydrogens (tertiary/aromatic N) is 4. The Morgan fingerprint density at radius 3 is 1.64 bits per heavy atom. The average molecular weight is 596 g/mol. The summed E-state index contributed by atoms with van der Waals surface area (Å²) in [4.78, 5) is 4.85. The van der Waals surface area contributed by atoms with Crippen LogP contribution in [0.2, 0.25) is 0 Å². The number of anilines is 4. The van der Waals surface area contributed by atoms with Gasteiger partial charge in [-0.3, -0.25) is 0 Å². The molecule has 0 fully saturated rings. The molecule has 3 aromatic rings. The molecule has 3 rings (SSSR count). The number of aromatic nitrogens is 1. The fraction of sp³-hybridized carbons (Fsp3) is 0.514. The van der Waals surface area contributed by atoms with Gasteiger partial charge in [0, 0.05) is 16.9 Å². The van der Waals surface area contributed by atoms with Crippen molar-refractivity contribution >= 4 is 28.7 Å². The molecule has 0 radical (unpaired) electrons. The fourth-order valence-electron chi connectivity index (χ4n) is 5.28. The van der Waals surface area contributed by atoms with Crippen LogP contribution in [-0.2, 0) is 12.8 Å². The number of hydrogen-bond acceptors (Lipinski definition) is 7. The van der Waals surface area contributed by atoms with E-state index in [1.165, 1.54) is 88.2 Å². The van der Waals surface area contributed by atoms with Crippen LogP contribution in [0.1, 0.15) is 120 Å². The van der Waals surface area contributed by atoms with Crippen LogP contribution in [0.4, 0.5) is 28.7 Å². The molecule has 0 saturated heterocycles. The zero-order valence-electron chi connectivity index (χ0n) is 27.5. The Balaban J connectivity index is 1.75. The number of hydrogen-bond donors (Lipinski definition) is 3. The molecule has 0 aliphatic carbocycles. The third kappa shape index (κ3) is 11.7. The Labute approximate surface area is 265 Å². The van der Waals surface area contributed by atoms with Gasteiger partial charge in [-0.25, -0.2) is 4.98 Å². The van der Waals surface area contributed by atoms with Gasteiger partial charge < -0.3 is 16.4 Å². The topological polar surface area (TPSA) is 111 Å². The Morgan fingerprint density at radius 1 is 0.727 bits per heavy atom. The Morgan fingerprint density at radius 2 is 1.18 bits per heavy atom. The van der Waals surface area contributed by atoms with Crippen molar-refractivity contribution in [2.24, 2.45) is 16.0 Å². The van der Waals surface area contributed by atoms with Gasteiger partial charge in [-0.05, 0) is 74.9 Å². The van der Waals surface area contributed by atoms with Crippen molar-refractivity contribution in [1.82, 2.24) is 4.98 Å². The second-order valence-corrected chi connectivity index (χ2v) is 11.9. The summed E-state index contributed by atoms with van der Waals surface area (Å²) in [5, 5.41) is 25.5. The molecular formula is C37H53N7. The van der Waals surface area contributed by atoms with Crippen molar-refractivity contribution in [2.75, 3.05) is 10.6 Å². The van der Waals surface area contributed by atoms with E-state index < -0.39 is 6.17 Å². The maximum atomic E-state index is 10.1. The first kappa shape index (κ1) is 34.7. The predicted octanol–water partition coefficient (Wildman–Crippen LogP) is 10.9. The SMILES string of the molecule is CCCCCCCCc1ccc(Nc2nc(Nc3ccc(CCCCCCCC)cc3)c(N=NC(C)N)c(C)c2C#N)cc1. The molecule has 0 aliphatic heterocycles. The molecule has 1 atom stereocenters. The number of pyridine rings is 1. The van der Waals surface area contributed by atoms with Crippen molar-refractivity contribution in [3.05, 3.63) is 70.8 Å². The highest BCUT2D eigenvalue weighted by atomic mass is 15.2. The fourth-order valence-corrected chi connectivity index (χ4v) is 5.28. The lowest BCUT2D eigenvalue weighted by Crippen LogP contribution is -2.10. The lowest BCUT2D eigenvalue weighted by Gasteiger charge is -2.16. The molecule has 0 amide bonds. The molecule has 7 nitrogen and oxygen atoms in total. The maximum absolute atomic E-state index is 10.1. The molecule has 0 spiro atoms. The van der Waals surface area contributed by atoms with E-state index in [4.69, 9.17) is 10.7 Å². The smallest absolute Gasteiger partial charge is 0.161 e. The lowest BCUT2D eigenvalue weighted by atomic mass is 10.0. The first-order chi connectivity index (χ1) is 21.4. The number of azo groups is 1. The molecule has 1 heterocycles. The van der Waals surface area contributed by atoms with Gasteiger partial charge in [0.1, 0.15) is 17.9 Å². The number of unbranched alkanes of at least 4 members (excludes halogenated alkanes) is 10. The van der Waals surface area contributed by atoms with Crippen molar-refractivity contribution in [3.63, 3.8) is 0 Å². The van der Waals surface area contributed by atoms with E-state index in [0.29, 0.717) is 28.5 Å². The molecule has 0 saturated carbocycles. The third-order valence-corrected chi connectivity index (χ3v) is 7.94. The van der Waals surface area contributed by atoms with Gasteiger partial charge in [0.15, 0.2) is 11.6 Å². The van der Waals surface area contributed by atoms with Crippen LogP contribution < -0.4 is 16.4 Å². The summed E-state index contributed by atoms with van der Waals surface area (Å²) in [7, 11) is 0. The van der Waals surface area contributed by atoms with Crippen LogP contribution in [0.3, 0.4) is 0 Å². The number of nitrogens with two attached hydrogens (primary N) is 1. The van der Waals surface area contributed by atoms with Gasteiger partial charge in [0.2, 0.25) is 0 Å². The van der Waals surface area contributed by atoms with Crippen molar-refractivity contribution in [2.45, 2.75) is 124 Å². The van der Waals surface area contributed by atoms with Gasteiger partial charge in [-0.2, -0.15) is 15.5 Å². The summed E-state index contributed by atoms with van der Waals surface area (Å²) in [5.41, 5.74) is 11.9. The van der Waals surface area contributed by atoms with Crippen LogP contribution >= 0.6 is 0 Å². The van der Waals surface area contributed by atoms with Crippen molar-refractivity contribution in [3.8, 4) is 6.07 Å². The zero-order chi connectivity index (χ0) is 31.6. The highest BCUT2D eigenvalue weighted by Crippen LogP contribution is 2.36.